The van der Waals surface area contributed by atoms with Gasteiger partial charge in [0.05, 0.1) is 19.2 Å². The highest BCUT2D eigenvalue weighted by Crippen LogP contribution is 2.16. The van der Waals surface area contributed by atoms with Gasteiger partial charge in [0.2, 0.25) is 0 Å². The molecule has 1 aromatic rings. The van der Waals surface area contributed by atoms with E-state index < -0.39 is 0 Å². The Kier molecular flexibility index (Phi) is 7.59. The van der Waals surface area contributed by atoms with Crippen molar-refractivity contribution in [3.05, 3.63) is 5.82 Å². The predicted molar refractivity (Wildman–Crippen MR) is 74.8 cm³/mol. The molecule has 1 rings (SSSR count). The molecule has 1 atom stereocenters. The molecule has 0 aromatic carbocycles. The van der Waals surface area contributed by atoms with Gasteiger partial charge >= 0.3 is 0 Å². The summed E-state index contributed by atoms with van der Waals surface area (Å²) in [4.78, 5) is 0. The van der Waals surface area contributed by atoms with Crippen molar-refractivity contribution in [1.82, 2.24) is 25.5 Å². The molecule has 1 unspecified atom stereocenters. The normalized spacial score (nSPS) is 13.1. The average Bonchev–Trinajstić information content (AvgIpc) is 2.82. The van der Waals surface area contributed by atoms with Crippen LogP contribution in [0.25, 0.3) is 0 Å². The Balaban J connectivity index is 2.37. The molecule has 0 fully saturated rings. The van der Waals surface area contributed by atoms with E-state index in [2.05, 4.69) is 41.6 Å². The Morgan fingerprint density at radius 3 is 2.74 bits per heavy atom. The molecule has 0 saturated heterocycles. The van der Waals surface area contributed by atoms with Crippen molar-refractivity contribution in [2.75, 3.05) is 20.3 Å². The molecule has 0 spiro atoms. The fraction of sp³-hybridized carbons (Fsp3) is 0.923. The molecule has 1 aromatic heterocycles. The lowest BCUT2D eigenvalue weighted by atomic mass is 10.0. The molecule has 110 valence electrons. The third-order valence-electron chi connectivity index (χ3n) is 3.15. The van der Waals surface area contributed by atoms with Gasteiger partial charge in [-0.05, 0) is 29.7 Å². The van der Waals surface area contributed by atoms with Gasteiger partial charge in [-0.3, -0.25) is 0 Å². The maximum atomic E-state index is 4.99. The Labute approximate surface area is 115 Å². The van der Waals surface area contributed by atoms with Crippen LogP contribution in [0.1, 0.15) is 51.9 Å². The number of nitrogens with one attached hydrogen (secondary N) is 1. The van der Waals surface area contributed by atoms with Crippen molar-refractivity contribution in [3.63, 3.8) is 0 Å². The number of methoxy groups -OCH3 is 1. The average molecular weight is 269 g/mol. The van der Waals surface area contributed by atoms with E-state index in [0.717, 1.165) is 24.7 Å². The zero-order valence-corrected chi connectivity index (χ0v) is 12.6. The van der Waals surface area contributed by atoms with Crippen LogP contribution in [0.2, 0.25) is 0 Å². The zero-order valence-electron chi connectivity index (χ0n) is 12.6. The quantitative estimate of drug-likeness (QED) is 0.656. The lowest BCUT2D eigenvalue weighted by Crippen LogP contribution is -2.22. The van der Waals surface area contributed by atoms with Gasteiger partial charge < -0.3 is 10.1 Å². The minimum absolute atomic E-state index is 0.355. The van der Waals surface area contributed by atoms with E-state index in [1.807, 2.05) is 4.68 Å². The molecule has 0 aliphatic heterocycles. The van der Waals surface area contributed by atoms with Crippen LogP contribution in [0.3, 0.4) is 0 Å². The highest BCUT2D eigenvalue weighted by molar-refractivity contribution is 4.82. The summed E-state index contributed by atoms with van der Waals surface area (Å²) in [5, 5.41) is 15.2. The first-order valence-corrected chi connectivity index (χ1v) is 7.11. The first-order chi connectivity index (χ1) is 9.15. The summed E-state index contributed by atoms with van der Waals surface area (Å²) < 4.78 is 6.92. The van der Waals surface area contributed by atoms with Gasteiger partial charge in [-0.1, -0.05) is 26.7 Å². The van der Waals surface area contributed by atoms with E-state index in [1.165, 1.54) is 12.8 Å². The van der Waals surface area contributed by atoms with Crippen LogP contribution >= 0.6 is 0 Å². The molecule has 0 amide bonds. The fourth-order valence-corrected chi connectivity index (χ4v) is 1.99. The topological polar surface area (TPSA) is 64.9 Å². The van der Waals surface area contributed by atoms with Crippen molar-refractivity contribution in [3.8, 4) is 0 Å². The zero-order chi connectivity index (χ0) is 14.1. The minimum atomic E-state index is 0.355. The number of hydrogen-bond donors (Lipinski definition) is 1. The lowest BCUT2D eigenvalue weighted by Gasteiger charge is -2.14. The summed E-state index contributed by atoms with van der Waals surface area (Å²) in [5.74, 6) is 1.66. The predicted octanol–water partition coefficient (Wildman–Crippen LogP) is 1.80. The first kappa shape index (κ1) is 16.0. The minimum Gasteiger partial charge on any atom is -0.383 e. The van der Waals surface area contributed by atoms with E-state index >= 15 is 0 Å². The number of ether oxygens (including phenoxy) is 1. The Morgan fingerprint density at radius 1 is 1.26 bits per heavy atom. The van der Waals surface area contributed by atoms with Crippen LogP contribution in [-0.4, -0.2) is 40.5 Å². The molecule has 6 heteroatoms. The Hall–Kier alpha value is -1.01. The van der Waals surface area contributed by atoms with Gasteiger partial charge in [0.15, 0.2) is 5.82 Å². The van der Waals surface area contributed by atoms with Crippen LogP contribution in [0.15, 0.2) is 0 Å². The molecule has 0 aliphatic rings. The highest BCUT2D eigenvalue weighted by atomic mass is 16.5. The lowest BCUT2D eigenvalue weighted by molar-refractivity contribution is 0.198. The molecule has 19 heavy (non-hydrogen) atoms. The number of rotatable bonds is 10. The first-order valence-electron chi connectivity index (χ1n) is 7.11. The summed E-state index contributed by atoms with van der Waals surface area (Å²) >= 11 is 0. The molecule has 0 saturated carbocycles. The second kappa shape index (κ2) is 8.98. The number of aromatic nitrogens is 4. The summed E-state index contributed by atoms with van der Waals surface area (Å²) in [7, 11) is 1.70. The van der Waals surface area contributed by atoms with Crippen LogP contribution in [0.4, 0.5) is 0 Å². The third-order valence-corrected chi connectivity index (χ3v) is 3.15. The molecule has 0 bridgehead atoms. The fourth-order valence-electron chi connectivity index (χ4n) is 1.99. The molecular formula is C13H27N5O. The van der Waals surface area contributed by atoms with Gasteiger partial charge in [0.1, 0.15) is 0 Å². The van der Waals surface area contributed by atoms with Gasteiger partial charge in [0, 0.05) is 13.7 Å². The van der Waals surface area contributed by atoms with E-state index in [1.54, 1.807) is 7.11 Å². The Morgan fingerprint density at radius 2 is 2.05 bits per heavy atom. The summed E-state index contributed by atoms with van der Waals surface area (Å²) in [6.07, 6.45) is 3.59. The van der Waals surface area contributed by atoms with E-state index in [0.29, 0.717) is 19.2 Å². The van der Waals surface area contributed by atoms with Crippen molar-refractivity contribution >= 4 is 0 Å². The van der Waals surface area contributed by atoms with Gasteiger partial charge in [0.25, 0.3) is 0 Å². The van der Waals surface area contributed by atoms with Gasteiger partial charge in [-0.15, -0.1) is 5.10 Å². The van der Waals surface area contributed by atoms with Crippen molar-refractivity contribution in [1.29, 1.82) is 0 Å². The van der Waals surface area contributed by atoms with Crippen molar-refractivity contribution in [2.45, 2.75) is 52.6 Å². The van der Waals surface area contributed by atoms with Gasteiger partial charge in [-0.25, -0.2) is 4.68 Å². The number of nitrogens with zero attached hydrogens (tertiary/aromatic N) is 4. The Bertz CT molecular complexity index is 340. The van der Waals surface area contributed by atoms with Crippen molar-refractivity contribution < 1.29 is 4.74 Å². The summed E-state index contributed by atoms with van der Waals surface area (Å²) in [5.41, 5.74) is 0. The number of tetrazole rings is 1. The molecule has 0 aliphatic carbocycles. The molecule has 6 nitrogen and oxygen atoms in total. The van der Waals surface area contributed by atoms with Crippen molar-refractivity contribution in [2.24, 2.45) is 5.92 Å². The van der Waals surface area contributed by atoms with Crippen LogP contribution in [0, 0.1) is 5.92 Å². The second-order valence-corrected chi connectivity index (χ2v) is 5.38. The highest BCUT2D eigenvalue weighted by Gasteiger charge is 2.12. The number of hydrogen-bond acceptors (Lipinski definition) is 5. The maximum absolute atomic E-state index is 4.99. The molecule has 1 heterocycles. The van der Waals surface area contributed by atoms with Crippen LogP contribution < -0.4 is 5.32 Å². The maximum Gasteiger partial charge on any atom is 0.165 e. The summed E-state index contributed by atoms with van der Waals surface area (Å²) in [6, 6.07) is 0.355. The molecular weight excluding hydrogens is 242 g/mol. The van der Waals surface area contributed by atoms with E-state index in [9.17, 15) is 0 Å². The van der Waals surface area contributed by atoms with E-state index in [4.69, 9.17) is 4.74 Å². The van der Waals surface area contributed by atoms with E-state index in [-0.39, 0.29) is 0 Å². The molecule has 0 radical (unpaired) electrons. The van der Waals surface area contributed by atoms with Crippen LogP contribution in [0.5, 0.6) is 0 Å². The third kappa shape index (κ3) is 6.11. The van der Waals surface area contributed by atoms with Crippen LogP contribution in [-0.2, 0) is 11.3 Å². The SMILES string of the molecule is COCCNCc1nnnn1C(C)CCCC(C)C. The van der Waals surface area contributed by atoms with Gasteiger partial charge in [-0.2, -0.15) is 0 Å². The monoisotopic (exact) mass is 269 g/mol. The summed E-state index contributed by atoms with van der Waals surface area (Å²) in [6.45, 7) is 8.89. The largest absolute Gasteiger partial charge is 0.383 e. The smallest absolute Gasteiger partial charge is 0.165 e. The standard InChI is InChI=1S/C13H27N5O/c1-11(2)6-5-7-12(3)18-13(15-16-17-18)10-14-8-9-19-4/h11-12,14H,5-10H2,1-4H3. The second-order valence-electron chi connectivity index (χ2n) is 5.38. The molecule has 1 N–H and O–H groups in total.